The minimum Gasteiger partial charge on any atom is -0.491 e. The molecule has 5 nitrogen and oxygen atoms in total. The Balaban J connectivity index is 1.36. The highest BCUT2D eigenvalue weighted by Crippen LogP contribution is 2.22. The van der Waals surface area contributed by atoms with Gasteiger partial charge in [0.05, 0.1) is 0 Å². The van der Waals surface area contributed by atoms with Crippen LogP contribution in [0, 0.1) is 5.92 Å². The second kappa shape index (κ2) is 9.20. The Hall–Kier alpha value is -1.59. The van der Waals surface area contributed by atoms with Gasteiger partial charge in [-0.3, -0.25) is 4.79 Å². The number of nitrogens with zero attached hydrogens (tertiary/aromatic N) is 2. The Bertz CT molecular complexity index is 523. The topological polar surface area (TPSA) is 53.0 Å². The van der Waals surface area contributed by atoms with E-state index in [2.05, 4.69) is 9.80 Å². The molecule has 0 radical (unpaired) electrons. The third-order valence-electron chi connectivity index (χ3n) is 5.26. The van der Waals surface area contributed by atoms with E-state index >= 15 is 0 Å². The molecule has 2 aliphatic rings. The van der Waals surface area contributed by atoms with Gasteiger partial charge in [-0.2, -0.15) is 0 Å². The number of para-hydroxylation sites is 1. The molecule has 0 aliphatic carbocycles. The Labute approximate surface area is 150 Å². The van der Waals surface area contributed by atoms with Crippen LogP contribution in [0.5, 0.6) is 5.75 Å². The van der Waals surface area contributed by atoms with Crippen molar-refractivity contribution in [3.05, 3.63) is 30.3 Å². The molecule has 2 heterocycles. The van der Waals surface area contributed by atoms with Crippen LogP contribution in [-0.2, 0) is 4.79 Å². The molecule has 0 aromatic heterocycles. The normalized spacial score (nSPS) is 21.1. The van der Waals surface area contributed by atoms with E-state index in [4.69, 9.17) is 4.74 Å². The summed E-state index contributed by atoms with van der Waals surface area (Å²) in [5, 5.41) is 10.2. The Morgan fingerprint density at radius 2 is 1.76 bits per heavy atom. The first-order chi connectivity index (χ1) is 12.2. The standard InChI is InChI=1S/C20H30N2O3/c23-18(16-25-19-7-3-1-4-8-19)15-21-13-9-17(10-14-21)20(24)22-11-5-2-6-12-22/h1,3-4,7-8,17-18,23H,2,5-6,9-16H2. The minimum atomic E-state index is -0.505. The second-order valence-corrected chi connectivity index (χ2v) is 7.24. The van der Waals surface area contributed by atoms with Crippen LogP contribution in [0.1, 0.15) is 32.1 Å². The number of benzene rings is 1. The number of rotatable bonds is 6. The zero-order chi connectivity index (χ0) is 17.5. The van der Waals surface area contributed by atoms with Crippen molar-refractivity contribution in [2.75, 3.05) is 39.3 Å². The zero-order valence-corrected chi connectivity index (χ0v) is 15.0. The Morgan fingerprint density at radius 3 is 2.44 bits per heavy atom. The number of carbonyl (C=O) groups is 1. The van der Waals surface area contributed by atoms with Crippen molar-refractivity contribution in [2.24, 2.45) is 5.92 Å². The molecule has 1 atom stereocenters. The van der Waals surface area contributed by atoms with Gasteiger partial charge in [0.15, 0.2) is 0 Å². The number of aliphatic hydroxyl groups excluding tert-OH is 1. The van der Waals surface area contributed by atoms with E-state index in [0.717, 1.165) is 57.6 Å². The molecule has 1 amide bonds. The van der Waals surface area contributed by atoms with Gasteiger partial charge in [0.25, 0.3) is 0 Å². The quantitative estimate of drug-likeness (QED) is 0.858. The summed E-state index contributed by atoms with van der Waals surface area (Å²) in [5.74, 6) is 1.31. The Kier molecular flexibility index (Phi) is 6.70. The number of likely N-dealkylation sites (tertiary alicyclic amines) is 2. The van der Waals surface area contributed by atoms with Gasteiger partial charge in [-0.1, -0.05) is 18.2 Å². The number of ether oxygens (including phenoxy) is 1. The fraction of sp³-hybridized carbons (Fsp3) is 0.650. The molecule has 1 aromatic carbocycles. The summed E-state index contributed by atoms with van der Waals surface area (Å²) in [6.07, 6.45) is 4.86. The van der Waals surface area contributed by atoms with Crippen molar-refractivity contribution in [3.63, 3.8) is 0 Å². The van der Waals surface area contributed by atoms with Gasteiger partial charge in [0.2, 0.25) is 5.91 Å². The van der Waals surface area contributed by atoms with E-state index in [-0.39, 0.29) is 5.92 Å². The molecule has 2 aliphatic heterocycles. The average molecular weight is 346 g/mol. The first kappa shape index (κ1) is 18.2. The van der Waals surface area contributed by atoms with Crippen molar-refractivity contribution in [3.8, 4) is 5.75 Å². The molecule has 1 N–H and O–H groups in total. The first-order valence-corrected chi connectivity index (χ1v) is 9.59. The summed E-state index contributed by atoms with van der Waals surface area (Å²) in [4.78, 5) is 16.9. The van der Waals surface area contributed by atoms with E-state index in [1.807, 2.05) is 30.3 Å². The van der Waals surface area contributed by atoms with Crippen LogP contribution in [0.3, 0.4) is 0 Å². The maximum atomic E-state index is 12.6. The van der Waals surface area contributed by atoms with E-state index in [0.29, 0.717) is 19.1 Å². The van der Waals surface area contributed by atoms with Gasteiger partial charge in [0.1, 0.15) is 18.5 Å². The molecule has 0 bridgehead atoms. The zero-order valence-electron chi connectivity index (χ0n) is 15.0. The summed E-state index contributed by atoms with van der Waals surface area (Å²) < 4.78 is 5.61. The van der Waals surface area contributed by atoms with Crippen LogP contribution in [0.4, 0.5) is 0 Å². The third kappa shape index (κ3) is 5.44. The van der Waals surface area contributed by atoms with E-state index < -0.39 is 6.10 Å². The van der Waals surface area contributed by atoms with Crippen LogP contribution < -0.4 is 4.74 Å². The third-order valence-corrected chi connectivity index (χ3v) is 5.26. The van der Waals surface area contributed by atoms with Gasteiger partial charge < -0.3 is 19.6 Å². The van der Waals surface area contributed by atoms with Gasteiger partial charge in [-0.05, 0) is 57.3 Å². The number of carbonyl (C=O) groups excluding carboxylic acids is 1. The van der Waals surface area contributed by atoms with Crippen LogP contribution in [0.2, 0.25) is 0 Å². The number of piperidine rings is 2. The van der Waals surface area contributed by atoms with Gasteiger partial charge in [-0.25, -0.2) is 0 Å². The highest BCUT2D eigenvalue weighted by Gasteiger charge is 2.29. The summed E-state index contributed by atoms with van der Waals surface area (Å²) in [7, 11) is 0. The van der Waals surface area contributed by atoms with Crippen LogP contribution in [-0.4, -0.2) is 66.2 Å². The molecule has 1 aromatic rings. The molecular weight excluding hydrogens is 316 g/mol. The fourth-order valence-corrected chi connectivity index (χ4v) is 3.79. The van der Waals surface area contributed by atoms with Gasteiger partial charge >= 0.3 is 0 Å². The largest absolute Gasteiger partial charge is 0.491 e. The lowest BCUT2D eigenvalue weighted by molar-refractivity contribution is -0.138. The molecule has 0 saturated carbocycles. The first-order valence-electron chi connectivity index (χ1n) is 9.59. The lowest BCUT2D eigenvalue weighted by Gasteiger charge is -2.36. The maximum Gasteiger partial charge on any atom is 0.225 e. The summed E-state index contributed by atoms with van der Waals surface area (Å²) >= 11 is 0. The summed E-state index contributed by atoms with van der Waals surface area (Å²) in [5.41, 5.74) is 0. The molecule has 0 spiro atoms. The number of hydrogen-bond donors (Lipinski definition) is 1. The SMILES string of the molecule is O=C(C1CCN(CC(O)COc2ccccc2)CC1)N1CCCCC1. The molecule has 3 rings (SSSR count). The van der Waals surface area contributed by atoms with E-state index in [9.17, 15) is 9.90 Å². The molecular formula is C20H30N2O3. The Morgan fingerprint density at radius 1 is 1.08 bits per heavy atom. The molecule has 138 valence electrons. The molecule has 2 fully saturated rings. The van der Waals surface area contributed by atoms with E-state index in [1.54, 1.807) is 0 Å². The summed E-state index contributed by atoms with van der Waals surface area (Å²) in [6, 6.07) is 9.57. The van der Waals surface area contributed by atoms with Crippen molar-refractivity contribution < 1.29 is 14.6 Å². The monoisotopic (exact) mass is 346 g/mol. The number of β-amino-alcohol motifs (C(OH)–C–C–N with tert-alkyl or cyclic N) is 1. The maximum absolute atomic E-state index is 12.6. The van der Waals surface area contributed by atoms with Crippen molar-refractivity contribution in [1.29, 1.82) is 0 Å². The predicted molar refractivity (Wildman–Crippen MR) is 97.5 cm³/mol. The summed E-state index contributed by atoms with van der Waals surface area (Å²) in [6.45, 7) is 4.55. The molecule has 25 heavy (non-hydrogen) atoms. The lowest BCUT2D eigenvalue weighted by Crippen LogP contribution is -2.46. The number of amides is 1. The van der Waals surface area contributed by atoms with Crippen molar-refractivity contribution in [2.45, 2.75) is 38.2 Å². The van der Waals surface area contributed by atoms with Crippen LogP contribution in [0.25, 0.3) is 0 Å². The average Bonchev–Trinajstić information content (AvgIpc) is 2.68. The van der Waals surface area contributed by atoms with E-state index in [1.165, 1.54) is 6.42 Å². The van der Waals surface area contributed by atoms with Gasteiger partial charge in [-0.15, -0.1) is 0 Å². The van der Waals surface area contributed by atoms with Crippen molar-refractivity contribution in [1.82, 2.24) is 9.80 Å². The molecule has 5 heteroatoms. The molecule has 2 saturated heterocycles. The van der Waals surface area contributed by atoms with Crippen molar-refractivity contribution >= 4 is 5.91 Å². The number of hydrogen-bond acceptors (Lipinski definition) is 4. The minimum absolute atomic E-state index is 0.173. The van der Waals surface area contributed by atoms with Gasteiger partial charge in [0, 0.05) is 25.6 Å². The fourth-order valence-electron chi connectivity index (χ4n) is 3.79. The van der Waals surface area contributed by atoms with Crippen LogP contribution in [0.15, 0.2) is 30.3 Å². The van der Waals surface area contributed by atoms with Crippen LogP contribution >= 0.6 is 0 Å². The molecule has 1 unspecified atom stereocenters. The predicted octanol–water partition coefficient (Wildman–Crippen LogP) is 2.15. The number of aliphatic hydroxyl groups is 1. The highest BCUT2D eigenvalue weighted by molar-refractivity contribution is 5.79. The smallest absolute Gasteiger partial charge is 0.225 e. The second-order valence-electron chi connectivity index (χ2n) is 7.24. The highest BCUT2D eigenvalue weighted by atomic mass is 16.5. The lowest BCUT2D eigenvalue weighted by atomic mass is 9.94.